The molecule has 0 spiro atoms. The van der Waals surface area contributed by atoms with Gasteiger partial charge in [-0.15, -0.1) is 0 Å². The molecule has 38 heavy (non-hydrogen) atoms. The number of benzene rings is 1. The predicted octanol–water partition coefficient (Wildman–Crippen LogP) is 4.21. The van der Waals surface area contributed by atoms with Crippen LogP contribution in [-0.2, 0) is 30.6 Å². The van der Waals surface area contributed by atoms with Crippen molar-refractivity contribution in [3.63, 3.8) is 0 Å². The number of ether oxygens (including phenoxy) is 1. The zero-order chi connectivity index (χ0) is 26.9. The van der Waals surface area contributed by atoms with Crippen molar-refractivity contribution in [3.05, 3.63) is 52.0 Å². The number of hydrogen-bond acceptors (Lipinski definition) is 6. The zero-order valence-corrected chi connectivity index (χ0v) is 21.5. The summed E-state index contributed by atoms with van der Waals surface area (Å²) in [5.74, 6) is 0.0390. The first kappa shape index (κ1) is 26.8. The van der Waals surface area contributed by atoms with E-state index in [1.165, 1.54) is 12.1 Å². The monoisotopic (exact) mass is 535 g/mol. The third kappa shape index (κ3) is 5.78. The maximum Gasteiger partial charge on any atom is 0.416 e. The van der Waals surface area contributed by atoms with E-state index in [0.717, 1.165) is 50.5 Å². The molecule has 2 saturated heterocycles. The van der Waals surface area contributed by atoms with Gasteiger partial charge in [0.25, 0.3) is 5.91 Å². The molecule has 0 saturated carbocycles. The van der Waals surface area contributed by atoms with Gasteiger partial charge in [0.15, 0.2) is 5.82 Å². The SMILES string of the molecule is Cc1c(C(=O)N2CCC(NC3CCOCC3)CC2)nc(CF)nc1N1CCc2ccc(C(F)(F)F)cc2C1. The van der Waals surface area contributed by atoms with Crippen LogP contribution >= 0.6 is 0 Å². The average Bonchev–Trinajstić information content (AvgIpc) is 2.93. The number of carbonyl (C=O) groups excluding carboxylic acids is 1. The van der Waals surface area contributed by atoms with E-state index in [-0.39, 0.29) is 24.0 Å². The third-order valence-electron chi connectivity index (χ3n) is 7.81. The fourth-order valence-electron chi connectivity index (χ4n) is 5.64. The van der Waals surface area contributed by atoms with Gasteiger partial charge in [0, 0.05) is 57.0 Å². The van der Waals surface area contributed by atoms with E-state index < -0.39 is 18.4 Å². The lowest BCUT2D eigenvalue weighted by atomic mass is 9.96. The highest BCUT2D eigenvalue weighted by Crippen LogP contribution is 2.34. The minimum Gasteiger partial charge on any atom is -0.381 e. The van der Waals surface area contributed by atoms with Crippen LogP contribution in [0.4, 0.5) is 23.4 Å². The first-order valence-corrected chi connectivity index (χ1v) is 13.2. The molecule has 4 heterocycles. The van der Waals surface area contributed by atoms with Gasteiger partial charge < -0.3 is 19.9 Å². The summed E-state index contributed by atoms with van der Waals surface area (Å²) in [6.45, 7) is 4.17. The number of fused-ring (bicyclic) bond motifs is 1. The van der Waals surface area contributed by atoms with Crippen LogP contribution in [0.5, 0.6) is 0 Å². The Balaban J connectivity index is 1.31. The number of rotatable bonds is 5. The number of halogens is 4. The van der Waals surface area contributed by atoms with E-state index in [4.69, 9.17) is 4.74 Å². The zero-order valence-electron chi connectivity index (χ0n) is 21.5. The number of amides is 1. The van der Waals surface area contributed by atoms with E-state index in [9.17, 15) is 22.4 Å². The number of nitrogens with one attached hydrogen (secondary N) is 1. The Hall–Kier alpha value is -2.79. The Bertz CT molecular complexity index is 1160. The largest absolute Gasteiger partial charge is 0.416 e. The number of aromatic nitrogens is 2. The lowest BCUT2D eigenvalue weighted by molar-refractivity contribution is -0.137. The fraction of sp³-hybridized carbons (Fsp3) is 0.593. The van der Waals surface area contributed by atoms with Crippen molar-refractivity contribution in [1.29, 1.82) is 0 Å². The normalized spacial score (nSPS) is 19.5. The summed E-state index contributed by atoms with van der Waals surface area (Å²) in [6.07, 6.45) is -0.282. The second-order valence-corrected chi connectivity index (χ2v) is 10.3. The Morgan fingerprint density at radius 1 is 1.05 bits per heavy atom. The van der Waals surface area contributed by atoms with Gasteiger partial charge >= 0.3 is 6.18 Å². The Labute approximate surface area is 219 Å². The van der Waals surface area contributed by atoms with Crippen LogP contribution < -0.4 is 10.2 Å². The molecule has 5 rings (SSSR count). The molecule has 0 atom stereocenters. The van der Waals surface area contributed by atoms with Crippen molar-refractivity contribution < 1.29 is 27.1 Å². The standard InChI is InChI=1S/C27H33F4N5O2/c1-17-24(26(37)35-10-5-21(6-11-35)32-22-7-12-38-13-8-22)33-23(15-28)34-25(17)36-9-4-18-2-3-20(27(29,30)31)14-19(18)16-36/h2-3,14,21-22,32H,4-13,15-16H2,1H3. The molecule has 3 aliphatic heterocycles. The van der Waals surface area contributed by atoms with Crippen molar-refractivity contribution in [2.45, 2.75) is 70.5 Å². The summed E-state index contributed by atoms with van der Waals surface area (Å²) < 4.78 is 59.0. The van der Waals surface area contributed by atoms with Gasteiger partial charge in [-0.25, -0.2) is 14.4 Å². The van der Waals surface area contributed by atoms with Crippen molar-refractivity contribution >= 4 is 11.7 Å². The maximum absolute atomic E-state index is 13.8. The van der Waals surface area contributed by atoms with Crippen molar-refractivity contribution in [3.8, 4) is 0 Å². The molecule has 1 N–H and O–H groups in total. The first-order chi connectivity index (χ1) is 18.2. The molecule has 0 bridgehead atoms. The highest BCUT2D eigenvalue weighted by Gasteiger charge is 2.33. The number of piperidine rings is 1. The minimum atomic E-state index is -4.43. The van der Waals surface area contributed by atoms with Gasteiger partial charge in [0.1, 0.15) is 18.2 Å². The van der Waals surface area contributed by atoms with E-state index in [1.807, 2.05) is 4.90 Å². The molecule has 2 aromatic rings. The van der Waals surface area contributed by atoms with Crippen LogP contribution in [0, 0.1) is 6.92 Å². The highest BCUT2D eigenvalue weighted by atomic mass is 19.4. The van der Waals surface area contributed by atoms with Crippen LogP contribution in [0.25, 0.3) is 0 Å². The fourth-order valence-corrected chi connectivity index (χ4v) is 5.64. The van der Waals surface area contributed by atoms with Gasteiger partial charge in [-0.05, 0) is 62.3 Å². The molecule has 11 heteroatoms. The lowest BCUT2D eigenvalue weighted by Gasteiger charge is -2.36. The summed E-state index contributed by atoms with van der Waals surface area (Å²) in [5, 5.41) is 3.69. The van der Waals surface area contributed by atoms with Crippen LogP contribution in [0.1, 0.15) is 64.2 Å². The van der Waals surface area contributed by atoms with Crippen molar-refractivity contribution in [2.75, 3.05) is 37.7 Å². The van der Waals surface area contributed by atoms with Gasteiger partial charge in [0.2, 0.25) is 0 Å². The number of nitrogens with zero attached hydrogens (tertiary/aromatic N) is 4. The Morgan fingerprint density at radius 2 is 1.76 bits per heavy atom. The summed E-state index contributed by atoms with van der Waals surface area (Å²) >= 11 is 0. The molecule has 3 aliphatic rings. The van der Waals surface area contributed by atoms with E-state index >= 15 is 0 Å². The maximum atomic E-state index is 13.8. The molecule has 206 valence electrons. The van der Waals surface area contributed by atoms with Gasteiger partial charge in [0.05, 0.1) is 5.56 Å². The van der Waals surface area contributed by atoms with E-state index in [0.29, 0.717) is 55.1 Å². The van der Waals surface area contributed by atoms with Crippen LogP contribution in [0.2, 0.25) is 0 Å². The Kier molecular flexibility index (Phi) is 7.85. The van der Waals surface area contributed by atoms with Gasteiger partial charge in [-0.1, -0.05) is 6.07 Å². The molecule has 0 aliphatic carbocycles. The second-order valence-electron chi connectivity index (χ2n) is 10.3. The third-order valence-corrected chi connectivity index (χ3v) is 7.81. The van der Waals surface area contributed by atoms with E-state index in [2.05, 4.69) is 15.3 Å². The molecule has 1 aromatic carbocycles. The number of carbonyl (C=O) groups is 1. The Morgan fingerprint density at radius 3 is 2.45 bits per heavy atom. The molecule has 1 aromatic heterocycles. The molecule has 1 amide bonds. The number of anilines is 1. The first-order valence-electron chi connectivity index (χ1n) is 13.2. The summed E-state index contributed by atoms with van der Waals surface area (Å²) in [5.41, 5.74) is 1.38. The molecule has 0 unspecified atom stereocenters. The molecule has 0 radical (unpaired) electrons. The average molecular weight is 536 g/mol. The molecule has 2 fully saturated rings. The number of alkyl halides is 4. The minimum absolute atomic E-state index is 0.0974. The summed E-state index contributed by atoms with van der Waals surface area (Å²) in [6, 6.07) is 4.56. The van der Waals surface area contributed by atoms with Gasteiger partial charge in [-0.3, -0.25) is 4.79 Å². The van der Waals surface area contributed by atoms with Crippen molar-refractivity contribution in [2.24, 2.45) is 0 Å². The lowest BCUT2D eigenvalue weighted by Crippen LogP contribution is -2.49. The van der Waals surface area contributed by atoms with Crippen LogP contribution in [-0.4, -0.2) is 65.7 Å². The molecule has 7 nitrogen and oxygen atoms in total. The molecular weight excluding hydrogens is 502 g/mol. The van der Waals surface area contributed by atoms with Crippen LogP contribution in [0.15, 0.2) is 18.2 Å². The highest BCUT2D eigenvalue weighted by molar-refractivity contribution is 5.95. The smallest absolute Gasteiger partial charge is 0.381 e. The van der Waals surface area contributed by atoms with Gasteiger partial charge in [-0.2, -0.15) is 13.2 Å². The number of hydrogen-bond donors (Lipinski definition) is 1. The van der Waals surface area contributed by atoms with E-state index in [1.54, 1.807) is 11.8 Å². The number of likely N-dealkylation sites (tertiary alicyclic amines) is 1. The molecular formula is C27H33F4N5O2. The second kappa shape index (κ2) is 11.1. The topological polar surface area (TPSA) is 70.6 Å². The predicted molar refractivity (Wildman–Crippen MR) is 134 cm³/mol. The van der Waals surface area contributed by atoms with Crippen LogP contribution in [0.3, 0.4) is 0 Å². The summed E-state index contributed by atoms with van der Waals surface area (Å²) in [7, 11) is 0. The van der Waals surface area contributed by atoms with Crippen molar-refractivity contribution in [1.82, 2.24) is 20.2 Å². The quantitative estimate of drug-likeness (QED) is 0.579. The summed E-state index contributed by atoms with van der Waals surface area (Å²) in [4.78, 5) is 25.7.